The Morgan fingerprint density at radius 2 is 1.88 bits per heavy atom. The van der Waals surface area contributed by atoms with Gasteiger partial charge in [-0.2, -0.15) is 0 Å². The second-order valence-corrected chi connectivity index (χ2v) is 12.3. The lowest BCUT2D eigenvalue weighted by atomic mass is 9.97. The van der Waals surface area contributed by atoms with Crippen LogP contribution in [0.5, 0.6) is 11.5 Å². The van der Waals surface area contributed by atoms with Gasteiger partial charge >= 0.3 is 0 Å². The van der Waals surface area contributed by atoms with Gasteiger partial charge < -0.3 is 14.4 Å². The number of fused-ring (bicyclic) bond motifs is 1. The fourth-order valence-corrected chi connectivity index (χ4v) is 7.56. The Morgan fingerprint density at radius 1 is 1.02 bits per heavy atom. The zero-order chi connectivity index (χ0) is 29.1. The van der Waals surface area contributed by atoms with Gasteiger partial charge in [-0.3, -0.25) is 9.10 Å². The lowest BCUT2D eigenvalue weighted by molar-refractivity contribution is 0.0736. The molecule has 2 atom stereocenters. The smallest absolute Gasteiger partial charge is 0.254 e. The number of thiazole rings is 1. The molecule has 4 aromatic carbocycles. The molecule has 214 valence electrons. The third kappa shape index (κ3) is 5.49. The maximum absolute atomic E-state index is 14.1. The summed E-state index contributed by atoms with van der Waals surface area (Å²) in [5.74, 6) is 1.40. The molecule has 2 heterocycles. The standard InChI is InChI=1S/C33H31N3O4S2/c1-39-26-14-13-25(31(21-26)40-2)22-36(33-34-17-19-41-33)42(38)27-15-16-28-24(20-27)10-6-11-29(28)30-12-7-18-35(30)32(37)23-8-4-3-5-9-23/h3-6,8-11,13-17,19-21,30H,7,12,18,22H2,1-2H3. The van der Waals surface area contributed by atoms with E-state index >= 15 is 0 Å². The lowest BCUT2D eigenvalue weighted by Crippen LogP contribution is -2.30. The van der Waals surface area contributed by atoms with Crippen molar-refractivity contribution in [3.05, 3.63) is 113 Å². The normalized spacial score (nSPS) is 15.5. The molecule has 0 spiro atoms. The van der Waals surface area contributed by atoms with Crippen LogP contribution in [0.25, 0.3) is 10.8 Å². The summed E-state index contributed by atoms with van der Waals surface area (Å²) in [6, 6.07) is 27.2. The predicted molar refractivity (Wildman–Crippen MR) is 168 cm³/mol. The van der Waals surface area contributed by atoms with Crippen LogP contribution in [0.15, 0.2) is 101 Å². The van der Waals surface area contributed by atoms with Crippen LogP contribution < -0.4 is 13.8 Å². The van der Waals surface area contributed by atoms with Gasteiger partial charge in [0, 0.05) is 35.3 Å². The van der Waals surface area contributed by atoms with Crippen LogP contribution in [0, 0.1) is 0 Å². The maximum atomic E-state index is 14.1. The minimum Gasteiger partial charge on any atom is -0.497 e. The van der Waals surface area contributed by atoms with Crippen LogP contribution in [0.1, 0.15) is 40.4 Å². The van der Waals surface area contributed by atoms with Crippen molar-refractivity contribution in [1.82, 2.24) is 9.88 Å². The number of hydrogen-bond donors (Lipinski definition) is 0. The van der Waals surface area contributed by atoms with E-state index in [4.69, 9.17) is 9.47 Å². The number of benzene rings is 4. The summed E-state index contributed by atoms with van der Waals surface area (Å²) in [6.07, 6.45) is 3.58. The molecule has 0 bridgehead atoms. The van der Waals surface area contributed by atoms with Crippen LogP contribution in [-0.2, 0) is 17.5 Å². The zero-order valence-electron chi connectivity index (χ0n) is 23.4. The van der Waals surface area contributed by atoms with Crippen molar-refractivity contribution < 1.29 is 18.5 Å². The number of anilines is 1. The molecule has 2 unspecified atom stereocenters. The van der Waals surface area contributed by atoms with Crippen molar-refractivity contribution in [3.63, 3.8) is 0 Å². The van der Waals surface area contributed by atoms with Crippen LogP contribution in [0.2, 0.25) is 0 Å². The van der Waals surface area contributed by atoms with E-state index < -0.39 is 11.0 Å². The van der Waals surface area contributed by atoms with E-state index in [1.807, 2.05) is 89.1 Å². The summed E-state index contributed by atoms with van der Waals surface area (Å²) in [5, 5.41) is 4.58. The van der Waals surface area contributed by atoms with Gasteiger partial charge in [0.15, 0.2) is 16.1 Å². The molecule has 0 radical (unpaired) electrons. The average Bonchev–Trinajstić information content (AvgIpc) is 3.76. The Morgan fingerprint density at radius 3 is 2.64 bits per heavy atom. The number of carbonyl (C=O) groups excluding carboxylic acids is 1. The fourth-order valence-electron chi connectivity index (χ4n) is 5.57. The van der Waals surface area contributed by atoms with Gasteiger partial charge in [-0.15, -0.1) is 11.3 Å². The fraction of sp³-hybridized carbons (Fsp3) is 0.212. The Balaban J connectivity index is 1.32. The Bertz CT molecular complexity index is 1730. The summed E-state index contributed by atoms with van der Waals surface area (Å²) < 4.78 is 26.9. The highest BCUT2D eigenvalue weighted by Crippen LogP contribution is 2.38. The van der Waals surface area contributed by atoms with E-state index in [1.54, 1.807) is 24.7 Å². The first kappa shape index (κ1) is 27.9. The first-order valence-electron chi connectivity index (χ1n) is 13.8. The van der Waals surface area contributed by atoms with Crippen molar-refractivity contribution in [2.75, 3.05) is 25.1 Å². The highest BCUT2D eigenvalue weighted by molar-refractivity contribution is 7.86. The number of nitrogens with zero attached hydrogens (tertiary/aromatic N) is 3. The molecule has 5 aromatic rings. The lowest BCUT2D eigenvalue weighted by Gasteiger charge is -2.26. The second kappa shape index (κ2) is 12.3. The summed E-state index contributed by atoms with van der Waals surface area (Å²) >= 11 is 1.44. The molecular weight excluding hydrogens is 567 g/mol. The van der Waals surface area contributed by atoms with Crippen LogP contribution in [-0.4, -0.2) is 40.8 Å². The van der Waals surface area contributed by atoms with Gasteiger partial charge in [-0.1, -0.05) is 42.5 Å². The Kier molecular flexibility index (Phi) is 8.21. The number of carbonyl (C=O) groups is 1. The summed E-state index contributed by atoms with van der Waals surface area (Å²) in [4.78, 5) is 20.5. The third-order valence-electron chi connectivity index (χ3n) is 7.62. The van der Waals surface area contributed by atoms with Gasteiger partial charge in [0.25, 0.3) is 5.91 Å². The van der Waals surface area contributed by atoms with E-state index in [-0.39, 0.29) is 11.9 Å². The predicted octanol–water partition coefficient (Wildman–Crippen LogP) is 7.02. The quantitative estimate of drug-likeness (QED) is 0.183. The zero-order valence-corrected chi connectivity index (χ0v) is 25.1. The number of aromatic nitrogens is 1. The van der Waals surface area contributed by atoms with E-state index in [0.717, 1.165) is 41.3 Å². The van der Waals surface area contributed by atoms with E-state index in [2.05, 4.69) is 11.1 Å². The van der Waals surface area contributed by atoms with Crippen LogP contribution in [0.3, 0.4) is 0 Å². The number of hydrogen-bond acceptors (Lipinski definition) is 6. The maximum Gasteiger partial charge on any atom is 0.254 e. The summed E-state index contributed by atoms with van der Waals surface area (Å²) in [5.41, 5.74) is 2.69. The molecule has 0 N–H and O–H groups in total. The largest absolute Gasteiger partial charge is 0.497 e. The minimum atomic E-state index is -1.54. The number of rotatable bonds is 9. The molecule has 1 aliphatic heterocycles. The molecule has 42 heavy (non-hydrogen) atoms. The molecule has 0 saturated carbocycles. The molecule has 0 aliphatic carbocycles. The SMILES string of the molecule is COc1ccc(CN(c2nccs2)S(=O)c2ccc3c(C4CCCN4C(=O)c4ccccc4)cccc3c2)c(OC)c1. The van der Waals surface area contributed by atoms with Crippen LogP contribution in [0.4, 0.5) is 5.13 Å². The summed E-state index contributed by atoms with van der Waals surface area (Å²) in [6.45, 7) is 1.07. The van der Waals surface area contributed by atoms with Gasteiger partial charge in [0.1, 0.15) is 11.5 Å². The third-order valence-corrected chi connectivity index (χ3v) is 9.89. The molecule has 1 amide bonds. The molecular formula is C33H31N3O4S2. The number of ether oxygens (including phenoxy) is 2. The van der Waals surface area contributed by atoms with Gasteiger partial charge in [-0.25, -0.2) is 9.19 Å². The molecule has 6 rings (SSSR count). The minimum absolute atomic E-state index is 0.00731. The van der Waals surface area contributed by atoms with E-state index in [1.165, 1.54) is 11.3 Å². The van der Waals surface area contributed by atoms with Gasteiger partial charge in [-0.05, 0) is 65.6 Å². The van der Waals surface area contributed by atoms with Crippen molar-refractivity contribution in [2.24, 2.45) is 0 Å². The van der Waals surface area contributed by atoms with Crippen molar-refractivity contribution in [1.29, 1.82) is 0 Å². The molecule has 1 aliphatic rings. The van der Waals surface area contributed by atoms with Crippen molar-refractivity contribution >= 4 is 44.1 Å². The van der Waals surface area contributed by atoms with E-state index in [9.17, 15) is 9.00 Å². The number of methoxy groups -OCH3 is 2. The monoisotopic (exact) mass is 597 g/mol. The Labute approximate surface area is 251 Å². The average molecular weight is 598 g/mol. The first-order chi connectivity index (χ1) is 20.6. The Hall–Kier alpha value is -4.21. The van der Waals surface area contributed by atoms with E-state index in [0.29, 0.717) is 33.6 Å². The van der Waals surface area contributed by atoms with Crippen molar-refractivity contribution in [2.45, 2.75) is 30.3 Å². The van der Waals surface area contributed by atoms with Crippen molar-refractivity contribution in [3.8, 4) is 11.5 Å². The van der Waals surface area contributed by atoms with Crippen LogP contribution >= 0.6 is 11.3 Å². The van der Waals surface area contributed by atoms with Gasteiger partial charge in [0.05, 0.1) is 31.7 Å². The van der Waals surface area contributed by atoms with Gasteiger partial charge in [0.2, 0.25) is 0 Å². The second-order valence-electron chi connectivity index (χ2n) is 10.0. The highest BCUT2D eigenvalue weighted by atomic mass is 32.2. The molecule has 1 saturated heterocycles. The first-order valence-corrected chi connectivity index (χ1v) is 15.7. The molecule has 7 nitrogen and oxygen atoms in total. The summed E-state index contributed by atoms with van der Waals surface area (Å²) in [7, 11) is 1.68. The highest BCUT2D eigenvalue weighted by Gasteiger charge is 2.31. The molecule has 1 aromatic heterocycles. The molecule has 1 fully saturated rings. The number of likely N-dealkylation sites (tertiary alicyclic amines) is 1. The number of amides is 1. The topological polar surface area (TPSA) is 72.0 Å². The molecule has 9 heteroatoms.